The van der Waals surface area contributed by atoms with E-state index in [4.69, 9.17) is 4.74 Å². The fourth-order valence-electron chi connectivity index (χ4n) is 5.67. The molecular formula is C28H41N5O3S. The van der Waals surface area contributed by atoms with Crippen LogP contribution in [0.5, 0.6) is 0 Å². The molecule has 0 radical (unpaired) electrons. The van der Waals surface area contributed by atoms with Gasteiger partial charge in [-0.05, 0) is 38.7 Å². The van der Waals surface area contributed by atoms with Crippen molar-refractivity contribution in [1.29, 1.82) is 0 Å². The molecule has 8 nitrogen and oxygen atoms in total. The van der Waals surface area contributed by atoms with E-state index < -0.39 is 0 Å². The number of carbonyl (C=O) groups is 2. The monoisotopic (exact) mass is 527 g/mol. The molecule has 1 saturated carbocycles. The fourth-order valence-corrected chi connectivity index (χ4v) is 6.64. The number of ether oxygens (including phenoxy) is 1. The maximum atomic E-state index is 13.1. The number of hydrogen-bond acceptors (Lipinski definition) is 7. The standard InChI is InChI=1S/C28H41N5O3S/c1-18(2)26-31-30-20(4)33(26)23-11-13-32(19(3)15-23)14-12-24(25-16-22(17-37-25)28(35)36-5)29-27(34)21-9-7-6-8-10-21/h16-18,21,23-24H,3,6-15H2,1-2,4-5H3,(H,29,34)/t23?,24-/m0/s1. The summed E-state index contributed by atoms with van der Waals surface area (Å²) in [6.45, 7) is 12.4. The first-order valence-corrected chi connectivity index (χ1v) is 14.5. The summed E-state index contributed by atoms with van der Waals surface area (Å²) in [6.07, 6.45) is 7.99. The van der Waals surface area contributed by atoms with Crippen molar-refractivity contribution in [2.45, 2.75) is 90.1 Å². The largest absolute Gasteiger partial charge is 0.465 e. The lowest BCUT2D eigenvalue weighted by Crippen LogP contribution is -2.38. The molecule has 0 spiro atoms. The Hall–Kier alpha value is -2.68. The Morgan fingerprint density at radius 1 is 1.22 bits per heavy atom. The quantitative estimate of drug-likeness (QED) is 0.431. The number of allylic oxidation sites excluding steroid dienone is 1. The molecule has 2 atom stereocenters. The van der Waals surface area contributed by atoms with E-state index in [-0.39, 0.29) is 23.8 Å². The van der Waals surface area contributed by atoms with Crippen LogP contribution in [0.25, 0.3) is 0 Å². The average molecular weight is 528 g/mol. The molecule has 2 aliphatic rings. The van der Waals surface area contributed by atoms with E-state index in [0.29, 0.717) is 17.5 Å². The number of hydrogen-bond donors (Lipinski definition) is 1. The van der Waals surface area contributed by atoms with Crippen molar-refractivity contribution < 1.29 is 14.3 Å². The summed E-state index contributed by atoms with van der Waals surface area (Å²) in [5.41, 5.74) is 1.65. The second kappa shape index (κ2) is 12.2. The Labute approximate surface area is 224 Å². The first kappa shape index (κ1) is 27.4. The van der Waals surface area contributed by atoms with Gasteiger partial charge in [0.25, 0.3) is 0 Å². The highest BCUT2D eigenvalue weighted by molar-refractivity contribution is 7.10. The van der Waals surface area contributed by atoms with Gasteiger partial charge in [-0.15, -0.1) is 21.5 Å². The van der Waals surface area contributed by atoms with Crippen LogP contribution in [0.1, 0.15) is 110 Å². The number of aryl methyl sites for hydroxylation is 1. The van der Waals surface area contributed by atoms with Gasteiger partial charge in [0.1, 0.15) is 11.6 Å². The van der Waals surface area contributed by atoms with Gasteiger partial charge in [-0.2, -0.15) is 0 Å². The zero-order valence-electron chi connectivity index (χ0n) is 22.7. The molecule has 1 aliphatic heterocycles. The van der Waals surface area contributed by atoms with E-state index in [9.17, 15) is 9.59 Å². The van der Waals surface area contributed by atoms with Crippen LogP contribution in [0.3, 0.4) is 0 Å². The van der Waals surface area contributed by atoms with E-state index >= 15 is 0 Å². The zero-order valence-corrected chi connectivity index (χ0v) is 23.5. The third-order valence-electron chi connectivity index (χ3n) is 7.79. The highest BCUT2D eigenvalue weighted by atomic mass is 32.1. The van der Waals surface area contributed by atoms with Gasteiger partial charge in [0.2, 0.25) is 5.91 Å². The summed E-state index contributed by atoms with van der Waals surface area (Å²) in [7, 11) is 1.39. The summed E-state index contributed by atoms with van der Waals surface area (Å²) in [5.74, 6) is 2.19. The summed E-state index contributed by atoms with van der Waals surface area (Å²) in [5, 5.41) is 13.9. The molecule has 1 saturated heterocycles. The van der Waals surface area contributed by atoms with Gasteiger partial charge in [0.05, 0.1) is 18.7 Å². The average Bonchev–Trinajstić information content (AvgIpc) is 3.54. The molecule has 37 heavy (non-hydrogen) atoms. The topological polar surface area (TPSA) is 89.4 Å². The molecule has 1 unspecified atom stereocenters. The van der Waals surface area contributed by atoms with Crippen molar-refractivity contribution in [1.82, 2.24) is 25.0 Å². The van der Waals surface area contributed by atoms with E-state index in [2.05, 4.69) is 45.4 Å². The number of nitrogens with zero attached hydrogens (tertiary/aromatic N) is 4. The highest BCUT2D eigenvalue weighted by Crippen LogP contribution is 2.34. The number of esters is 1. The number of methoxy groups -OCH3 is 1. The minimum Gasteiger partial charge on any atom is -0.465 e. The molecule has 3 heterocycles. The third-order valence-corrected chi connectivity index (χ3v) is 8.84. The van der Waals surface area contributed by atoms with E-state index in [0.717, 1.165) is 80.3 Å². The van der Waals surface area contributed by atoms with Crippen LogP contribution in [0.4, 0.5) is 0 Å². The molecule has 1 amide bonds. The first-order valence-electron chi connectivity index (χ1n) is 13.6. The lowest BCUT2D eigenvalue weighted by molar-refractivity contribution is -0.126. The van der Waals surface area contributed by atoms with Gasteiger partial charge >= 0.3 is 5.97 Å². The second-order valence-electron chi connectivity index (χ2n) is 10.7. The van der Waals surface area contributed by atoms with Crippen LogP contribution in [-0.2, 0) is 9.53 Å². The molecule has 2 fully saturated rings. The first-order chi connectivity index (χ1) is 17.8. The molecule has 9 heteroatoms. The Kier molecular flexibility index (Phi) is 9.05. The van der Waals surface area contributed by atoms with Crippen molar-refractivity contribution in [3.05, 3.63) is 45.8 Å². The van der Waals surface area contributed by atoms with E-state index in [1.807, 2.05) is 18.4 Å². The Bertz CT molecular complexity index is 1100. The summed E-state index contributed by atoms with van der Waals surface area (Å²) >= 11 is 1.51. The number of nitrogens with one attached hydrogen (secondary N) is 1. The number of carbonyl (C=O) groups excluding carboxylic acids is 2. The number of aromatic nitrogens is 3. The molecule has 2 aromatic heterocycles. The Morgan fingerprint density at radius 3 is 2.65 bits per heavy atom. The molecule has 4 rings (SSSR count). The van der Waals surface area contributed by atoms with Crippen LogP contribution in [0.15, 0.2) is 23.7 Å². The Balaban J connectivity index is 1.42. The van der Waals surface area contributed by atoms with E-state index in [1.54, 1.807) is 0 Å². The van der Waals surface area contributed by atoms with Crippen molar-refractivity contribution in [2.24, 2.45) is 5.92 Å². The molecule has 202 valence electrons. The predicted octanol–water partition coefficient (Wildman–Crippen LogP) is 5.54. The fraction of sp³-hybridized carbons (Fsp3) is 0.643. The minimum atomic E-state index is -0.347. The normalized spacial score (nSPS) is 19.8. The molecule has 2 aromatic rings. The molecular weight excluding hydrogens is 486 g/mol. The molecule has 0 bridgehead atoms. The van der Waals surface area contributed by atoms with Crippen LogP contribution in [0, 0.1) is 12.8 Å². The molecule has 1 N–H and O–H groups in total. The number of amides is 1. The summed E-state index contributed by atoms with van der Waals surface area (Å²) < 4.78 is 7.19. The van der Waals surface area contributed by atoms with Crippen LogP contribution in [0.2, 0.25) is 0 Å². The zero-order chi connectivity index (χ0) is 26.5. The highest BCUT2D eigenvalue weighted by Gasteiger charge is 2.29. The minimum absolute atomic E-state index is 0.0872. The number of likely N-dealkylation sites (tertiary alicyclic amines) is 1. The van der Waals surface area contributed by atoms with Gasteiger partial charge in [-0.25, -0.2) is 4.79 Å². The van der Waals surface area contributed by atoms with Gasteiger partial charge < -0.3 is 19.5 Å². The van der Waals surface area contributed by atoms with Crippen LogP contribution < -0.4 is 5.32 Å². The van der Waals surface area contributed by atoms with Crippen molar-refractivity contribution in [2.75, 3.05) is 20.2 Å². The third kappa shape index (κ3) is 6.43. The van der Waals surface area contributed by atoms with Crippen LogP contribution in [-0.4, -0.2) is 51.7 Å². The SMILES string of the molecule is C=C1CC(n2c(C)nnc2C(C)C)CCN1CC[C@H](NC(=O)C1CCCCC1)c1cc(C(=O)OC)cs1. The van der Waals surface area contributed by atoms with Gasteiger partial charge in [-0.3, -0.25) is 4.79 Å². The van der Waals surface area contributed by atoms with Gasteiger partial charge in [0, 0.05) is 53.3 Å². The van der Waals surface area contributed by atoms with Crippen molar-refractivity contribution >= 4 is 23.2 Å². The number of rotatable bonds is 9. The number of thiophene rings is 1. The maximum absolute atomic E-state index is 13.1. The van der Waals surface area contributed by atoms with Gasteiger partial charge in [0.15, 0.2) is 0 Å². The van der Waals surface area contributed by atoms with E-state index in [1.165, 1.54) is 24.9 Å². The van der Waals surface area contributed by atoms with Crippen molar-refractivity contribution in [3.63, 3.8) is 0 Å². The molecule has 1 aliphatic carbocycles. The second-order valence-corrected chi connectivity index (χ2v) is 11.7. The number of piperidine rings is 1. The summed E-state index contributed by atoms with van der Waals surface area (Å²) in [4.78, 5) is 28.5. The van der Waals surface area contributed by atoms with Crippen LogP contribution >= 0.6 is 11.3 Å². The van der Waals surface area contributed by atoms with Gasteiger partial charge in [-0.1, -0.05) is 39.7 Å². The summed E-state index contributed by atoms with van der Waals surface area (Å²) in [6, 6.07) is 2.04. The maximum Gasteiger partial charge on any atom is 0.338 e. The lowest BCUT2D eigenvalue weighted by Gasteiger charge is -2.37. The lowest BCUT2D eigenvalue weighted by atomic mass is 9.88. The Morgan fingerprint density at radius 2 is 1.97 bits per heavy atom. The smallest absolute Gasteiger partial charge is 0.338 e. The molecule has 0 aromatic carbocycles. The predicted molar refractivity (Wildman–Crippen MR) is 146 cm³/mol. The van der Waals surface area contributed by atoms with Crippen molar-refractivity contribution in [3.8, 4) is 0 Å².